The number of anilines is 2. The average molecular weight is 427 g/mol. The first-order valence-corrected chi connectivity index (χ1v) is 8.26. The van der Waals surface area contributed by atoms with Gasteiger partial charge in [0.15, 0.2) is 0 Å². The van der Waals surface area contributed by atoms with Crippen LogP contribution in [0.15, 0.2) is 41.3 Å². The molecule has 0 aliphatic rings. The SMILES string of the molecule is Nc1cc(F)cc(S(=O)(=O)Nc2ccc(Cl)cc2I)c1. The van der Waals surface area contributed by atoms with E-state index < -0.39 is 15.8 Å². The minimum Gasteiger partial charge on any atom is -0.399 e. The van der Waals surface area contributed by atoms with E-state index in [0.29, 0.717) is 14.3 Å². The molecule has 0 spiro atoms. The van der Waals surface area contributed by atoms with E-state index in [1.54, 1.807) is 12.1 Å². The van der Waals surface area contributed by atoms with Crippen LogP contribution in [0.5, 0.6) is 0 Å². The molecule has 0 radical (unpaired) electrons. The van der Waals surface area contributed by atoms with Crippen LogP contribution < -0.4 is 10.5 Å². The van der Waals surface area contributed by atoms with Crippen molar-refractivity contribution >= 4 is 55.6 Å². The Labute approximate surface area is 134 Å². The van der Waals surface area contributed by atoms with Gasteiger partial charge < -0.3 is 5.73 Å². The second-order valence-electron chi connectivity index (χ2n) is 3.95. The maximum atomic E-state index is 13.2. The number of hydrogen-bond donors (Lipinski definition) is 2. The third-order valence-electron chi connectivity index (χ3n) is 2.38. The summed E-state index contributed by atoms with van der Waals surface area (Å²) in [6, 6.07) is 7.84. The van der Waals surface area contributed by atoms with Gasteiger partial charge in [-0.05, 0) is 59.0 Å². The smallest absolute Gasteiger partial charge is 0.262 e. The minimum atomic E-state index is -3.91. The number of benzene rings is 2. The van der Waals surface area contributed by atoms with Crippen molar-refractivity contribution in [2.45, 2.75) is 4.90 Å². The van der Waals surface area contributed by atoms with Crippen molar-refractivity contribution in [2.75, 3.05) is 10.5 Å². The van der Waals surface area contributed by atoms with Crippen LogP contribution in [-0.4, -0.2) is 8.42 Å². The standard InChI is InChI=1S/C12H9ClFIN2O2S/c13-7-1-2-12(11(15)3-7)17-20(18,19)10-5-8(14)4-9(16)6-10/h1-6,17H,16H2. The Bertz CT molecular complexity index is 748. The summed E-state index contributed by atoms with van der Waals surface area (Å²) in [5.41, 5.74) is 5.85. The Kier molecular flexibility index (Phi) is 4.40. The molecule has 2 aromatic carbocycles. The highest BCUT2D eigenvalue weighted by Crippen LogP contribution is 2.25. The number of nitrogen functional groups attached to an aromatic ring is 1. The molecule has 0 unspecified atom stereocenters. The number of nitrogens with one attached hydrogen (secondary N) is 1. The lowest BCUT2D eigenvalue weighted by atomic mass is 10.3. The molecule has 4 nitrogen and oxygen atoms in total. The zero-order chi connectivity index (χ0) is 14.9. The molecule has 0 heterocycles. The van der Waals surface area contributed by atoms with E-state index in [9.17, 15) is 12.8 Å². The second kappa shape index (κ2) is 5.74. The lowest BCUT2D eigenvalue weighted by Crippen LogP contribution is -2.14. The largest absolute Gasteiger partial charge is 0.399 e. The van der Waals surface area contributed by atoms with Gasteiger partial charge in [0, 0.05) is 14.3 Å². The van der Waals surface area contributed by atoms with Crippen molar-refractivity contribution in [3.63, 3.8) is 0 Å². The highest BCUT2D eigenvalue weighted by molar-refractivity contribution is 14.1. The molecule has 0 aliphatic carbocycles. The molecule has 3 N–H and O–H groups in total. The predicted octanol–water partition coefficient (Wildman–Crippen LogP) is 3.47. The molecular weight excluding hydrogens is 418 g/mol. The zero-order valence-electron chi connectivity index (χ0n) is 9.90. The van der Waals surface area contributed by atoms with Crippen LogP contribution in [0, 0.1) is 9.39 Å². The molecule has 0 fully saturated rings. The summed E-state index contributed by atoms with van der Waals surface area (Å²) in [6.45, 7) is 0. The minimum absolute atomic E-state index is 0.0381. The van der Waals surface area contributed by atoms with Crippen molar-refractivity contribution in [2.24, 2.45) is 0 Å². The first-order chi connectivity index (χ1) is 9.28. The Morgan fingerprint density at radius 1 is 1.20 bits per heavy atom. The third kappa shape index (κ3) is 3.53. The van der Waals surface area contributed by atoms with Gasteiger partial charge >= 0.3 is 0 Å². The van der Waals surface area contributed by atoms with Crippen molar-refractivity contribution in [3.05, 3.63) is 50.8 Å². The maximum Gasteiger partial charge on any atom is 0.262 e. The normalized spacial score (nSPS) is 11.3. The Hall–Kier alpha value is -1.06. The van der Waals surface area contributed by atoms with Gasteiger partial charge in [0.05, 0.1) is 10.6 Å². The van der Waals surface area contributed by atoms with E-state index in [-0.39, 0.29) is 10.6 Å². The van der Waals surface area contributed by atoms with E-state index in [0.717, 1.165) is 12.1 Å². The number of nitrogens with two attached hydrogens (primary N) is 1. The van der Waals surface area contributed by atoms with Gasteiger partial charge in [-0.2, -0.15) is 0 Å². The lowest BCUT2D eigenvalue weighted by Gasteiger charge is -2.10. The summed E-state index contributed by atoms with van der Waals surface area (Å²) < 4.78 is 40.6. The van der Waals surface area contributed by atoms with E-state index >= 15 is 0 Å². The molecule has 8 heteroatoms. The van der Waals surface area contributed by atoms with Gasteiger partial charge in [-0.3, -0.25) is 4.72 Å². The van der Waals surface area contributed by atoms with Crippen LogP contribution >= 0.6 is 34.2 Å². The highest BCUT2D eigenvalue weighted by atomic mass is 127. The molecule has 0 atom stereocenters. The summed E-state index contributed by atoms with van der Waals surface area (Å²) in [4.78, 5) is -0.235. The van der Waals surface area contributed by atoms with Crippen LogP contribution in [0.3, 0.4) is 0 Å². The van der Waals surface area contributed by atoms with E-state index in [2.05, 4.69) is 4.72 Å². The van der Waals surface area contributed by atoms with Gasteiger partial charge in [-0.1, -0.05) is 11.6 Å². The molecule has 0 saturated heterocycles. The quantitative estimate of drug-likeness (QED) is 0.583. The second-order valence-corrected chi connectivity index (χ2v) is 7.23. The molecule has 0 amide bonds. The molecule has 20 heavy (non-hydrogen) atoms. The van der Waals surface area contributed by atoms with Crippen LogP contribution in [0.2, 0.25) is 5.02 Å². The third-order valence-corrected chi connectivity index (χ3v) is 4.85. The highest BCUT2D eigenvalue weighted by Gasteiger charge is 2.17. The molecule has 0 aliphatic heterocycles. The van der Waals surface area contributed by atoms with Crippen molar-refractivity contribution in [3.8, 4) is 0 Å². The van der Waals surface area contributed by atoms with Gasteiger partial charge in [0.1, 0.15) is 5.82 Å². The summed E-state index contributed by atoms with van der Waals surface area (Å²) in [5.74, 6) is -0.712. The van der Waals surface area contributed by atoms with E-state index in [1.165, 1.54) is 12.1 Å². The van der Waals surface area contributed by atoms with Gasteiger partial charge in [-0.15, -0.1) is 0 Å². The monoisotopic (exact) mass is 426 g/mol. The van der Waals surface area contributed by atoms with Crippen LogP contribution in [-0.2, 0) is 10.0 Å². The van der Waals surface area contributed by atoms with Crippen molar-refractivity contribution < 1.29 is 12.8 Å². The molecule has 2 rings (SSSR count). The van der Waals surface area contributed by atoms with Crippen molar-refractivity contribution in [1.82, 2.24) is 0 Å². The number of rotatable bonds is 3. The number of sulfonamides is 1. The van der Waals surface area contributed by atoms with Gasteiger partial charge in [0.2, 0.25) is 0 Å². The van der Waals surface area contributed by atoms with Gasteiger partial charge in [-0.25, -0.2) is 12.8 Å². The Morgan fingerprint density at radius 2 is 1.90 bits per heavy atom. The fourth-order valence-corrected chi connectivity index (χ4v) is 3.85. The molecular formula is C12H9ClFIN2O2S. The Morgan fingerprint density at radius 3 is 2.50 bits per heavy atom. The zero-order valence-corrected chi connectivity index (χ0v) is 13.6. The van der Waals surface area contributed by atoms with Crippen LogP contribution in [0.1, 0.15) is 0 Å². The number of hydrogen-bond acceptors (Lipinski definition) is 3. The molecule has 2 aromatic rings. The van der Waals surface area contributed by atoms with E-state index in [1.807, 2.05) is 22.6 Å². The lowest BCUT2D eigenvalue weighted by molar-refractivity contribution is 0.595. The summed E-state index contributed by atoms with van der Waals surface area (Å²) in [6.07, 6.45) is 0. The first-order valence-electron chi connectivity index (χ1n) is 5.32. The summed E-state index contributed by atoms with van der Waals surface area (Å²) in [7, 11) is -3.91. The van der Waals surface area contributed by atoms with Crippen LogP contribution in [0.4, 0.5) is 15.8 Å². The maximum absolute atomic E-state index is 13.2. The molecule has 0 saturated carbocycles. The Balaban J connectivity index is 2.40. The summed E-state index contributed by atoms with van der Waals surface area (Å²) in [5, 5.41) is 0.493. The van der Waals surface area contributed by atoms with Crippen molar-refractivity contribution in [1.29, 1.82) is 0 Å². The van der Waals surface area contributed by atoms with E-state index in [4.69, 9.17) is 17.3 Å². The van der Waals surface area contributed by atoms with Crippen LogP contribution in [0.25, 0.3) is 0 Å². The fraction of sp³-hybridized carbons (Fsp3) is 0. The topological polar surface area (TPSA) is 72.2 Å². The van der Waals surface area contributed by atoms with Gasteiger partial charge in [0.25, 0.3) is 10.0 Å². The summed E-state index contributed by atoms with van der Waals surface area (Å²) >= 11 is 7.75. The average Bonchev–Trinajstić information content (AvgIpc) is 2.31. The first kappa shape index (κ1) is 15.3. The fourth-order valence-electron chi connectivity index (χ4n) is 1.52. The predicted molar refractivity (Wildman–Crippen MR) is 85.8 cm³/mol. The molecule has 106 valence electrons. The number of halogens is 3. The molecule has 0 bridgehead atoms. The molecule has 0 aromatic heterocycles.